The molecular formula is C13H12ClNO4. The van der Waals surface area contributed by atoms with E-state index in [-0.39, 0.29) is 16.5 Å². The van der Waals surface area contributed by atoms with Gasteiger partial charge in [0.1, 0.15) is 11.3 Å². The van der Waals surface area contributed by atoms with Crippen LogP contribution in [0.1, 0.15) is 22.1 Å². The molecule has 1 aromatic carbocycles. The van der Waals surface area contributed by atoms with Crippen LogP contribution in [0, 0.1) is 0 Å². The second-order valence-electron chi connectivity index (χ2n) is 3.90. The van der Waals surface area contributed by atoms with Crippen LogP contribution >= 0.6 is 11.6 Å². The number of esters is 1. The van der Waals surface area contributed by atoms with E-state index in [4.69, 9.17) is 16.3 Å². The fourth-order valence-electron chi connectivity index (χ4n) is 2.01. The third kappa shape index (κ3) is 2.06. The summed E-state index contributed by atoms with van der Waals surface area (Å²) in [5.74, 6) is -0.382. The summed E-state index contributed by atoms with van der Waals surface area (Å²) < 4.78 is 11.3. The van der Waals surface area contributed by atoms with Crippen molar-refractivity contribution in [1.29, 1.82) is 0 Å². The predicted octanol–water partition coefficient (Wildman–Crippen LogP) is 2.75. The molecule has 0 aliphatic heterocycles. The summed E-state index contributed by atoms with van der Waals surface area (Å²) in [5.41, 5.74) is 0.738. The number of carbonyl (C=O) groups is 2. The first-order chi connectivity index (χ1) is 9.01. The number of fused-ring (bicyclic) bond motifs is 1. The number of hydrogen-bond donors (Lipinski definition) is 0. The molecular weight excluding hydrogens is 270 g/mol. The summed E-state index contributed by atoms with van der Waals surface area (Å²) in [6.45, 7) is 1.43. The van der Waals surface area contributed by atoms with Gasteiger partial charge in [-0.15, -0.1) is 0 Å². The lowest BCUT2D eigenvalue weighted by atomic mass is 10.1. The van der Waals surface area contributed by atoms with Gasteiger partial charge >= 0.3 is 5.97 Å². The Bertz CT molecular complexity index is 675. The summed E-state index contributed by atoms with van der Waals surface area (Å²) >= 11 is 6.15. The van der Waals surface area contributed by atoms with Gasteiger partial charge in [-0.3, -0.25) is 9.36 Å². The standard InChI is InChI=1S/C13H12ClNO4/c1-7(16)15-5-4-8-11(15)10(14)6-9(12(8)18-2)13(17)19-3/h4-6H,1-3H3. The van der Waals surface area contributed by atoms with Crippen molar-refractivity contribution in [3.05, 3.63) is 28.9 Å². The zero-order chi connectivity index (χ0) is 14.2. The maximum Gasteiger partial charge on any atom is 0.341 e. The Morgan fingerprint density at radius 2 is 2.00 bits per heavy atom. The highest BCUT2D eigenvalue weighted by Crippen LogP contribution is 2.36. The number of carbonyl (C=O) groups excluding carboxylic acids is 2. The van der Waals surface area contributed by atoms with Crippen molar-refractivity contribution in [2.24, 2.45) is 0 Å². The van der Waals surface area contributed by atoms with Gasteiger partial charge in [-0.05, 0) is 12.1 Å². The molecule has 5 nitrogen and oxygen atoms in total. The van der Waals surface area contributed by atoms with Gasteiger partial charge in [0.2, 0.25) is 5.91 Å². The summed E-state index contributed by atoms with van der Waals surface area (Å²) in [4.78, 5) is 23.2. The molecule has 0 spiro atoms. The number of halogens is 1. The molecule has 0 unspecified atom stereocenters. The molecule has 0 aliphatic carbocycles. The molecule has 100 valence electrons. The second kappa shape index (κ2) is 4.93. The molecule has 0 saturated heterocycles. The highest BCUT2D eigenvalue weighted by atomic mass is 35.5. The van der Waals surface area contributed by atoms with Crippen LogP contribution < -0.4 is 4.74 Å². The summed E-state index contributed by atoms with van der Waals surface area (Å²) in [7, 11) is 2.72. The summed E-state index contributed by atoms with van der Waals surface area (Å²) in [5, 5.41) is 0.877. The highest BCUT2D eigenvalue weighted by Gasteiger charge is 2.21. The molecule has 0 radical (unpaired) electrons. The third-order valence-electron chi connectivity index (χ3n) is 2.82. The first kappa shape index (κ1) is 13.4. The second-order valence-corrected chi connectivity index (χ2v) is 4.31. The van der Waals surface area contributed by atoms with E-state index in [2.05, 4.69) is 4.74 Å². The maximum absolute atomic E-state index is 11.7. The van der Waals surface area contributed by atoms with E-state index in [9.17, 15) is 9.59 Å². The maximum atomic E-state index is 11.7. The zero-order valence-corrected chi connectivity index (χ0v) is 11.4. The normalized spacial score (nSPS) is 10.5. The van der Waals surface area contributed by atoms with Crippen molar-refractivity contribution in [2.45, 2.75) is 6.92 Å². The van der Waals surface area contributed by atoms with Crippen molar-refractivity contribution >= 4 is 34.4 Å². The van der Waals surface area contributed by atoms with Gasteiger partial charge < -0.3 is 9.47 Å². The van der Waals surface area contributed by atoms with Gasteiger partial charge in [0, 0.05) is 18.5 Å². The van der Waals surface area contributed by atoms with Crippen LogP contribution in [0.2, 0.25) is 5.02 Å². The Morgan fingerprint density at radius 3 is 2.53 bits per heavy atom. The molecule has 19 heavy (non-hydrogen) atoms. The number of hydrogen-bond acceptors (Lipinski definition) is 4. The van der Waals surface area contributed by atoms with Crippen molar-refractivity contribution in [2.75, 3.05) is 14.2 Å². The molecule has 6 heteroatoms. The number of methoxy groups -OCH3 is 2. The van der Waals surface area contributed by atoms with E-state index in [0.29, 0.717) is 16.7 Å². The average Bonchev–Trinajstić information content (AvgIpc) is 2.83. The minimum atomic E-state index is -0.545. The predicted molar refractivity (Wildman–Crippen MR) is 71.1 cm³/mol. The molecule has 0 amide bonds. The van der Waals surface area contributed by atoms with E-state index in [1.807, 2.05) is 0 Å². The quantitative estimate of drug-likeness (QED) is 0.794. The lowest BCUT2D eigenvalue weighted by molar-refractivity contribution is 0.0597. The van der Waals surface area contributed by atoms with E-state index in [1.54, 1.807) is 12.3 Å². The Hall–Kier alpha value is -2.01. The molecule has 0 atom stereocenters. The van der Waals surface area contributed by atoms with Crippen LogP contribution in [0.5, 0.6) is 5.75 Å². The van der Waals surface area contributed by atoms with Crippen LogP contribution in [-0.4, -0.2) is 30.7 Å². The lowest BCUT2D eigenvalue weighted by Crippen LogP contribution is -2.07. The molecule has 0 bridgehead atoms. The first-order valence-corrected chi connectivity index (χ1v) is 5.85. The molecule has 2 rings (SSSR count). The number of rotatable bonds is 2. The molecule has 0 fully saturated rings. The van der Waals surface area contributed by atoms with Gasteiger partial charge in [-0.2, -0.15) is 0 Å². The fourth-order valence-corrected chi connectivity index (χ4v) is 2.31. The zero-order valence-electron chi connectivity index (χ0n) is 10.7. The highest BCUT2D eigenvalue weighted by molar-refractivity contribution is 6.36. The average molecular weight is 282 g/mol. The smallest absolute Gasteiger partial charge is 0.341 e. The van der Waals surface area contributed by atoms with Gasteiger partial charge in [0.05, 0.1) is 24.8 Å². The van der Waals surface area contributed by atoms with Gasteiger partial charge in [-0.1, -0.05) is 11.6 Å². The van der Waals surface area contributed by atoms with E-state index in [1.165, 1.54) is 31.8 Å². The van der Waals surface area contributed by atoms with Gasteiger partial charge in [0.25, 0.3) is 0 Å². The Morgan fingerprint density at radius 1 is 1.32 bits per heavy atom. The van der Waals surface area contributed by atoms with Gasteiger partial charge in [0.15, 0.2) is 0 Å². The van der Waals surface area contributed by atoms with Crippen LogP contribution in [0.3, 0.4) is 0 Å². The SMILES string of the molecule is COC(=O)c1cc(Cl)c2c(ccn2C(C)=O)c1OC. The molecule has 0 aliphatic rings. The van der Waals surface area contributed by atoms with Crippen molar-refractivity contribution < 1.29 is 19.1 Å². The fraction of sp³-hybridized carbons (Fsp3) is 0.231. The summed E-state index contributed by atoms with van der Waals surface area (Å²) in [6, 6.07) is 3.11. The number of ether oxygens (including phenoxy) is 2. The van der Waals surface area contributed by atoms with Crippen LogP contribution in [0.4, 0.5) is 0 Å². The van der Waals surface area contributed by atoms with Crippen LogP contribution in [0.15, 0.2) is 18.3 Å². The largest absolute Gasteiger partial charge is 0.495 e. The molecule has 0 N–H and O–H groups in total. The topological polar surface area (TPSA) is 57.5 Å². The molecule has 1 heterocycles. The Balaban J connectivity index is 2.85. The van der Waals surface area contributed by atoms with Crippen molar-refractivity contribution in [3.63, 3.8) is 0 Å². The molecule has 0 saturated carbocycles. The minimum Gasteiger partial charge on any atom is -0.495 e. The van der Waals surface area contributed by atoms with Crippen LogP contribution in [-0.2, 0) is 4.74 Å². The Labute approximate surface area is 114 Å². The van der Waals surface area contributed by atoms with Crippen molar-refractivity contribution in [1.82, 2.24) is 4.57 Å². The summed E-state index contributed by atoms with van der Waals surface area (Å²) in [6.07, 6.45) is 1.59. The van der Waals surface area contributed by atoms with Gasteiger partial charge in [-0.25, -0.2) is 4.79 Å². The molecule has 1 aromatic heterocycles. The first-order valence-electron chi connectivity index (χ1n) is 5.48. The van der Waals surface area contributed by atoms with E-state index < -0.39 is 5.97 Å². The monoisotopic (exact) mass is 281 g/mol. The number of benzene rings is 1. The molecule has 2 aromatic rings. The van der Waals surface area contributed by atoms with Crippen molar-refractivity contribution in [3.8, 4) is 5.75 Å². The number of aromatic nitrogens is 1. The minimum absolute atomic E-state index is 0.176. The van der Waals surface area contributed by atoms with E-state index >= 15 is 0 Å². The van der Waals surface area contributed by atoms with Crippen LogP contribution in [0.25, 0.3) is 10.9 Å². The Kier molecular flexibility index (Phi) is 3.48. The lowest BCUT2D eigenvalue weighted by Gasteiger charge is -2.10. The third-order valence-corrected chi connectivity index (χ3v) is 3.11. The van der Waals surface area contributed by atoms with E-state index in [0.717, 1.165) is 0 Å². The number of nitrogens with zero attached hydrogens (tertiary/aromatic N) is 1.